The zero-order valence-electron chi connectivity index (χ0n) is 11.0. The number of nitrogens with zero attached hydrogens (tertiary/aromatic N) is 3. The fourth-order valence-electron chi connectivity index (χ4n) is 1.76. The molecule has 102 valence electrons. The van der Waals surface area contributed by atoms with Gasteiger partial charge in [-0.15, -0.1) is 0 Å². The molecule has 0 amide bonds. The Hall–Kier alpha value is -1.46. The fourth-order valence-corrected chi connectivity index (χ4v) is 1.89. The first-order valence-electron chi connectivity index (χ1n) is 6.19. The van der Waals surface area contributed by atoms with Crippen LogP contribution in [0.4, 0.5) is 4.39 Å². The van der Waals surface area contributed by atoms with Gasteiger partial charge in [-0.2, -0.15) is 5.10 Å². The highest BCUT2D eigenvalue weighted by molar-refractivity contribution is 6.31. The van der Waals surface area contributed by atoms with Gasteiger partial charge in [0, 0.05) is 12.1 Å². The van der Waals surface area contributed by atoms with Gasteiger partial charge in [0.2, 0.25) is 0 Å². The summed E-state index contributed by atoms with van der Waals surface area (Å²) in [6.07, 6.45) is 3.88. The molecule has 6 heteroatoms. The van der Waals surface area contributed by atoms with E-state index in [9.17, 15) is 4.39 Å². The molecule has 0 aliphatic rings. The number of halogens is 2. The van der Waals surface area contributed by atoms with Gasteiger partial charge in [0.05, 0.1) is 23.1 Å². The molecule has 0 unspecified atom stereocenters. The van der Waals surface area contributed by atoms with Crippen LogP contribution < -0.4 is 5.32 Å². The molecule has 4 nitrogen and oxygen atoms in total. The molecule has 0 saturated carbocycles. The predicted molar refractivity (Wildman–Crippen MR) is 73.1 cm³/mol. The van der Waals surface area contributed by atoms with Gasteiger partial charge in [0.1, 0.15) is 5.82 Å². The Morgan fingerprint density at radius 1 is 1.47 bits per heavy atom. The van der Waals surface area contributed by atoms with E-state index in [1.165, 1.54) is 12.3 Å². The van der Waals surface area contributed by atoms with Gasteiger partial charge in [-0.1, -0.05) is 18.5 Å². The molecule has 0 saturated heterocycles. The molecule has 0 spiro atoms. The molecule has 2 aromatic heterocycles. The average Bonchev–Trinajstić information content (AvgIpc) is 2.70. The van der Waals surface area contributed by atoms with E-state index in [1.807, 2.05) is 6.92 Å². The lowest BCUT2D eigenvalue weighted by atomic mass is 10.2. The van der Waals surface area contributed by atoms with E-state index in [0.717, 1.165) is 24.2 Å². The zero-order valence-corrected chi connectivity index (χ0v) is 11.7. The van der Waals surface area contributed by atoms with Gasteiger partial charge in [0.25, 0.3) is 0 Å². The summed E-state index contributed by atoms with van der Waals surface area (Å²) in [6, 6.07) is 1.47. The minimum absolute atomic E-state index is 0.355. The van der Waals surface area contributed by atoms with Crippen molar-refractivity contribution in [2.45, 2.75) is 26.8 Å². The van der Waals surface area contributed by atoms with Crippen LogP contribution in [0.25, 0.3) is 5.82 Å². The third-order valence-electron chi connectivity index (χ3n) is 2.71. The first-order chi connectivity index (χ1) is 9.11. The lowest BCUT2D eigenvalue weighted by molar-refractivity contribution is 0.607. The number of hydrogen-bond acceptors (Lipinski definition) is 3. The van der Waals surface area contributed by atoms with Crippen LogP contribution in [-0.2, 0) is 6.54 Å². The monoisotopic (exact) mass is 282 g/mol. The van der Waals surface area contributed by atoms with E-state index in [2.05, 4.69) is 22.3 Å². The van der Waals surface area contributed by atoms with Gasteiger partial charge in [-0.3, -0.25) is 0 Å². The van der Waals surface area contributed by atoms with Crippen LogP contribution in [-0.4, -0.2) is 21.3 Å². The van der Waals surface area contributed by atoms with Crippen LogP contribution in [0, 0.1) is 12.7 Å². The second kappa shape index (κ2) is 6.12. The predicted octanol–water partition coefficient (Wildman–Crippen LogP) is 2.87. The number of rotatable bonds is 5. The Bertz CT molecular complexity index is 548. The molecule has 1 N–H and O–H groups in total. The van der Waals surface area contributed by atoms with Crippen LogP contribution in [0.15, 0.2) is 18.5 Å². The lowest BCUT2D eigenvalue weighted by Gasteiger charge is -2.09. The number of hydrogen-bond donors (Lipinski definition) is 1. The van der Waals surface area contributed by atoms with Gasteiger partial charge in [-0.25, -0.2) is 14.1 Å². The summed E-state index contributed by atoms with van der Waals surface area (Å²) in [6.45, 7) is 5.31. The zero-order chi connectivity index (χ0) is 13.8. The largest absolute Gasteiger partial charge is 0.313 e. The van der Waals surface area contributed by atoms with Gasteiger partial charge in [-0.05, 0) is 26.0 Å². The van der Waals surface area contributed by atoms with Crippen LogP contribution in [0.3, 0.4) is 0 Å². The number of pyridine rings is 1. The van der Waals surface area contributed by atoms with Crippen molar-refractivity contribution in [3.8, 4) is 5.82 Å². The maximum atomic E-state index is 13.3. The normalized spacial score (nSPS) is 10.9. The maximum Gasteiger partial charge on any atom is 0.158 e. The first-order valence-corrected chi connectivity index (χ1v) is 6.57. The van der Waals surface area contributed by atoms with E-state index in [-0.39, 0.29) is 5.82 Å². The van der Waals surface area contributed by atoms with Crippen molar-refractivity contribution in [3.63, 3.8) is 0 Å². The standard InChI is InChI=1S/C13H16ClFN4/c1-3-4-16-6-10-5-11(15)7-17-13(10)19-8-12(14)9(2)18-19/h5,7-8,16H,3-4,6H2,1-2H3. The molecule has 2 heterocycles. The topological polar surface area (TPSA) is 42.7 Å². The smallest absolute Gasteiger partial charge is 0.158 e. The van der Waals surface area contributed by atoms with Crippen LogP contribution in [0.5, 0.6) is 0 Å². The molecule has 2 aromatic rings. The number of aromatic nitrogens is 3. The molecule has 0 aliphatic heterocycles. The average molecular weight is 283 g/mol. The van der Waals surface area contributed by atoms with Crippen LogP contribution >= 0.6 is 11.6 Å². The second-order valence-electron chi connectivity index (χ2n) is 4.32. The summed E-state index contributed by atoms with van der Waals surface area (Å²) < 4.78 is 14.9. The van der Waals surface area contributed by atoms with Gasteiger partial charge in [0.15, 0.2) is 5.82 Å². The summed E-state index contributed by atoms with van der Waals surface area (Å²) in [7, 11) is 0. The first kappa shape index (κ1) is 14.0. The quantitative estimate of drug-likeness (QED) is 0.858. The molecule has 2 rings (SSSR count). The van der Waals surface area contributed by atoms with E-state index in [4.69, 9.17) is 11.6 Å². The summed E-state index contributed by atoms with van der Waals surface area (Å²) in [5.74, 6) is 0.243. The Morgan fingerprint density at radius 3 is 2.89 bits per heavy atom. The molecule has 0 fully saturated rings. The molecule has 0 bridgehead atoms. The lowest BCUT2D eigenvalue weighted by Crippen LogP contribution is -2.16. The van der Waals surface area contributed by atoms with Crippen LogP contribution in [0.2, 0.25) is 5.02 Å². The van der Waals surface area contributed by atoms with Crippen molar-refractivity contribution in [3.05, 3.63) is 40.6 Å². The summed E-state index contributed by atoms with van der Waals surface area (Å²) in [4.78, 5) is 4.11. The molecule has 0 atom stereocenters. The molecular weight excluding hydrogens is 267 g/mol. The SMILES string of the molecule is CCCNCc1cc(F)cnc1-n1cc(Cl)c(C)n1. The highest BCUT2D eigenvalue weighted by Crippen LogP contribution is 2.18. The molecule has 0 aliphatic carbocycles. The van der Waals surface area contributed by atoms with E-state index in [0.29, 0.717) is 17.4 Å². The van der Waals surface area contributed by atoms with Crippen molar-refractivity contribution in [2.75, 3.05) is 6.54 Å². The Morgan fingerprint density at radius 2 is 2.26 bits per heavy atom. The highest BCUT2D eigenvalue weighted by atomic mass is 35.5. The van der Waals surface area contributed by atoms with Crippen molar-refractivity contribution in [1.82, 2.24) is 20.1 Å². The summed E-state index contributed by atoms with van der Waals surface area (Å²) in [5, 5.41) is 8.07. The van der Waals surface area contributed by atoms with E-state index in [1.54, 1.807) is 10.9 Å². The minimum atomic E-state index is -0.355. The van der Waals surface area contributed by atoms with Crippen molar-refractivity contribution in [1.29, 1.82) is 0 Å². The summed E-state index contributed by atoms with van der Waals surface area (Å²) >= 11 is 5.99. The fraction of sp³-hybridized carbons (Fsp3) is 0.385. The number of nitrogens with one attached hydrogen (secondary N) is 1. The van der Waals surface area contributed by atoms with E-state index >= 15 is 0 Å². The van der Waals surface area contributed by atoms with Crippen molar-refractivity contribution < 1.29 is 4.39 Å². The van der Waals surface area contributed by atoms with Crippen LogP contribution in [0.1, 0.15) is 24.6 Å². The van der Waals surface area contributed by atoms with Crippen molar-refractivity contribution in [2.24, 2.45) is 0 Å². The third-order valence-corrected chi connectivity index (χ3v) is 3.08. The molecule has 19 heavy (non-hydrogen) atoms. The summed E-state index contributed by atoms with van der Waals surface area (Å²) in [5.41, 5.74) is 1.48. The second-order valence-corrected chi connectivity index (χ2v) is 4.73. The molecule has 0 aromatic carbocycles. The Kier molecular flexibility index (Phi) is 4.50. The van der Waals surface area contributed by atoms with Gasteiger partial charge < -0.3 is 5.32 Å². The Balaban J connectivity index is 2.33. The molecule has 0 radical (unpaired) electrons. The highest BCUT2D eigenvalue weighted by Gasteiger charge is 2.11. The molecular formula is C13H16ClFN4. The van der Waals surface area contributed by atoms with E-state index < -0.39 is 0 Å². The maximum absolute atomic E-state index is 13.3. The van der Waals surface area contributed by atoms with Crippen molar-refractivity contribution >= 4 is 11.6 Å². The third kappa shape index (κ3) is 3.30. The minimum Gasteiger partial charge on any atom is -0.313 e. The Labute approximate surface area is 116 Å². The number of aryl methyl sites for hydroxylation is 1. The van der Waals surface area contributed by atoms with Gasteiger partial charge >= 0.3 is 0 Å².